The predicted molar refractivity (Wildman–Crippen MR) is 77.4 cm³/mol. The van der Waals surface area contributed by atoms with E-state index in [1.807, 2.05) is 30.3 Å². The number of carbonyl (C=O) groups is 1. The summed E-state index contributed by atoms with van der Waals surface area (Å²) in [7, 11) is 1.55. The Hall–Kier alpha value is -2.47. The first-order chi connectivity index (χ1) is 10.2. The Bertz CT molecular complexity index is 592. The summed E-state index contributed by atoms with van der Waals surface area (Å²) in [4.78, 5) is 15.7. The molecule has 21 heavy (non-hydrogen) atoms. The van der Waals surface area contributed by atoms with Gasteiger partial charge >= 0.3 is 6.03 Å². The Morgan fingerprint density at radius 1 is 1.29 bits per heavy atom. The second kappa shape index (κ2) is 7.35. The van der Waals surface area contributed by atoms with Crippen LogP contribution >= 0.6 is 0 Å². The van der Waals surface area contributed by atoms with Crippen molar-refractivity contribution < 1.29 is 13.9 Å². The van der Waals surface area contributed by atoms with Gasteiger partial charge in [-0.2, -0.15) is 0 Å². The number of benzene rings is 1. The van der Waals surface area contributed by atoms with E-state index in [4.69, 9.17) is 4.74 Å². The summed E-state index contributed by atoms with van der Waals surface area (Å²) in [5.74, 6) is -0.699. The molecule has 0 bridgehead atoms. The molecule has 2 aromatic rings. The minimum absolute atomic E-state index is 0.112. The zero-order valence-corrected chi connectivity index (χ0v) is 11.5. The Morgan fingerprint density at radius 3 is 2.71 bits per heavy atom. The van der Waals surface area contributed by atoms with Crippen LogP contribution in [0.15, 0.2) is 48.7 Å². The van der Waals surface area contributed by atoms with Crippen LogP contribution in [0.25, 0.3) is 0 Å². The lowest BCUT2D eigenvalue weighted by Gasteiger charge is -2.18. The Balaban J connectivity index is 2.04. The average molecular weight is 289 g/mol. The third-order valence-corrected chi connectivity index (χ3v) is 2.83. The molecule has 0 spiro atoms. The number of nitrogens with zero attached hydrogens (tertiary/aromatic N) is 1. The van der Waals surface area contributed by atoms with Gasteiger partial charge in [-0.15, -0.1) is 0 Å². The monoisotopic (exact) mass is 289 g/mol. The number of amides is 2. The molecule has 2 amide bonds. The molecule has 0 aliphatic carbocycles. The van der Waals surface area contributed by atoms with Gasteiger partial charge < -0.3 is 10.1 Å². The van der Waals surface area contributed by atoms with E-state index in [1.54, 1.807) is 7.11 Å². The van der Waals surface area contributed by atoms with E-state index in [2.05, 4.69) is 15.6 Å². The van der Waals surface area contributed by atoms with Gasteiger partial charge in [-0.1, -0.05) is 30.3 Å². The fourth-order valence-electron chi connectivity index (χ4n) is 1.85. The van der Waals surface area contributed by atoms with Gasteiger partial charge in [-0.3, -0.25) is 5.32 Å². The van der Waals surface area contributed by atoms with Crippen molar-refractivity contribution in [1.29, 1.82) is 0 Å². The molecule has 0 saturated heterocycles. The van der Waals surface area contributed by atoms with Gasteiger partial charge in [0, 0.05) is 13.3 Å². The van der Waals surface area contributed by atoms with Gasteiger partial charge in [0.05, 0.1) is 12.6 Å². The molecule has 6 heteroatoms. The maximum absolute atomic E-state index is 13.4. The SMILES string of the molecule is COC[C@H](NC(=O)Nc1ncccc1F)c1ccccc1. The molecule has 0 fully saturated rings. The summed E-state index contributed by atoms with van der Waals surface area (Å²) in [5.41, 5.74) is 0.899. The van der Waals surface area contributed by atoms with E-state index >= 15 is 0 Å². The lowest BCUT2D eigenvalue weighted by molar-refractivity contribution is 0.168. The minimum atomic E-state index is -0.587. The second-order valence-corrected chi connectivity index (χ2v) is 4.35. The van der Waals surface area contributed by atoms with Crippen LogP contribution in [0.1, 0.15) is 11.6 Å². The molecule has 0 radical (unpaired) electrons. The van der Waals surface area contributed by atoms with Gasteiger partial charge in [-0.25, -0.2) is 14.2 Å². The molecular formula is C15H16FN3O2. The fraction of sp³-hybridized carbons (Fsp3) is 0.200. The first-order valence-electron chi connectivity index (χ1n) is 6.42. The summed E-state index contributed by atoms with van der Waals surface area (Å²) >= 11 is 0. The second-order valence-electron chi connectivity index (χ2n) is 4.35. The fourth-order valence-corrected chi connectivity index (χ4v) is 1.85. The lowest BCUT2D eigenvalue weighted by atomic mass is 10.1. The largest absolute Gasteiger partial charge is 0.382 e. The third-order valence-electron chi connectivity index (χ3n) is 2.83. The van der Waals surface area contributed by atoms with E-state index in [0.29, 0.717) is 6.61 Å². The van der Waals surface area contributed by atoms with Crippen LogP contribution < -0.4 is 10.6 Å². The molecule has 2 rings (SSSR count). The summed E-state index contributed by atoms with van der Waals surface area (Å²) in [5, 5.41) is 5.11. The van der Waals surface area contributed by atoms with Crippen molar-refractivity contribution in [2.75, 3.05) is 19.0 Å². The minimum Gasteiger partial charge on any atom is -0.382 e. The van der Waals surface area contributed by atoms with Crippen molar-refractivity contribution in [2.24, 2.45) is 0 Å². The third kappa shape index (κ3) is 4.25. The summed E-state index contributed by atoms with van der Waals surface area (Å²) in [6, 6.07) is 11.2. The molecule has 1 aromatic carbocycles. The van der Waals surface area contributed by atoms with E-state index in [0.717, 1.165) is 5.56 Å². The summed E-state index contributed by atoms with van der Waals surface area (Å²) in [6.07, 6.45) is 1.41. The van der Waals surface area contributed by atoms with Crippen molar-refractivity contribution in [1.82, 2.24) is 10.3 Å². The Morgan fingerprint density at radius 2 is 2.05 bits per heavy atom. The van der Waals surface area contributed by atoms with Crippen LogP contribution in [-0.4, -0.2) is 24.7 Å². The number of hydrogen-bond acceptors (Lipinski definition) is 3. The molecular weight excluding hydrogens is 273 g/mol. The van der Waals surface area contributed by atoms with Crippen molar-refractivity contribution in [3.63, 3.8) is 0 Å². The van der Waals surface area contributed by atoms with Gasteiger partial charge in [0.2, 0.25) is 0 Å². The van der Waals surface area contributed by atoms with Crippen LogP contribution in [0.2, 0.25) is 0 Å². The van der Waals surface area contributed by atoms with Crippen LogP contribution in [0.3, 0.4) is 0 Å². The van der Waals surface area contributed by atoms with Crippen LogP contribution in [-0.2, 0) is 4.74 Å². The molecule has 0 aliphatic rings. The zero-order valence-electron chi connectivity index (χ0n) is 11.5. The standard InChI is InChI=1S/C15H16FN3O2/c1-21-10-13(11-6-3-2-4-7-11)18-15(20)19-14-12(16)8-5-9-17-14/h2-9,13H,10H2,1H3,(H2,17,18,19,20)/t13-/m0/s1. The highest BCUT2D eigenvalue weighted by molar-refractivity contribution is 5.88. The number of methoxy groups -OCH3 is 1. The van der Waals surface area contributed by atoms with E-state index < -0.39 is 11.8 Å². The molecule has 0 aliphatic heterocycles. The average Bonchev–Trinajstić information content (AvgIpc) is 2.50. The number of nitrogens with one attached hydrogen (secondary N) is 2. The molecule has 1 heterocycles. The number of carbonyl (C=O) groups excluding carboxylic acids is 1. The summed E-state index contributed by atoms with van der Waals surface area (Å²) < 4.78 is 18.5. The quantitative estimate of drug-likeness (QED) is 0.889. The smallest absolute Gasteiger partial charge is 0.321 e. The highest BCUT2D eigenvalue weighted by Crippen LogP contribution is 2.14. The number of ether oxygens (including phenoxy) is 1. The topological polar surface area (TPSA) is 63.2 Å². The number of urea groups is 1. The lowest BCUT2D eigenvalue weighted by Crippen LogP contribution is -2.35. The number of hydrogen-bond donors (Lipinski definition) is 2. The molecule has 0 saturated carbocycles. The normalized spacial score (nSPS) is 11.7. The van der Waals surface area contributed by atoms with Crippen molar-refractivity contribution in [2.45, 2.75) is 6.04 Å². The number of rotatable bonds is 5. The van der Waals surface area contributed by atoms with Gasteiger partial charge in [0.15, 0.2) is 11.6 Å². The van der Waals surface area contributed by atoms with Gasteiger partial charge in [-0.05, 0) is 17.7 Å². The van der Waals surface area contributed by atoms with Crippen molar-refractivity contribution in [3.05, 3.63) is 60.0 Å². The van der Waals surface area contributed by atoms with Crippen molar-refractivity contribution >= 4 is 11.8 Å². The predicted octanol–water partition coefficient (Wildman–Crippen LogP) is 2.73. The maximum Gasteiger partial charge on any atom is 0.321 e. The molecule has 1 aromatic heterocycles. The molecule has 5 nitrogen and oxygen atoms in total. The van der Waals surface area contributed by atoms with Crippen LogP contribution in [0.4, 0.5) is 15.0 Å². The van der Waals surface area contributed by atoms with E-state index in [-0.39, 0.29) is 11.9 Å². The van der Waals surface area contributed by atoms with Crippen LogP contribution in [0.5, 0.6) is 0 Å². The first-order valence-corrected chi connectivity index (χ1v) is 6.42. The zero-order chi connectivity index (χ0) is 15.1. The van der Waals surface area contributed by atoms with Gasteiger partial charge in [0.1, 0.15) is 0 Å². The first kappa shape index (κ1) is 14.9. The maximum atomic E-state index is 13.4. The Kier molecular flexibility index (Phi) is 5.22. The summed E-state index contributed by atoms with van der Waals surface area (Å²) in [6.45, 7) is 0.308. The van der Waals surface area contributed by atoms with Crippen LogP contribution in [0, 0.1) is 5.82 Å². The molecule has 110 valence electrons. The van der Waals surface area contributed by atoms with Gasteiger partial charge in [0.25, 0.3) is 0 Å². The van der Waals surface area contributed by atoms with E-state index in [9.17, 15) is 9.18 Å². The molecule has 0 unspecified atom stereocenters. The highest BCUT2D eigenvalue weighted by Gasteiger charge is 2.15. The highest BCUT2D eigenvalue weighted by atomic mass is 19.1. The molecule has 1 atom stereocenters. The van der Waals surface area contributed by atoms with E-state index in [1.165, 1.54) is 18.3 Å². The Labute approximate surface area is 122 Å². The molecule has 2 N–H and O–H groups in total. The number of aromatic nitrogens is 1. The number of pyridine rings is 1. The number of halogens is 1. The number of anilines is 1. The van der Waals surface area contributed by atoms with Crippen molar-refractivity contribution in [3.8, 4) is 0 Å².